The quantitative estimate of drug-likeness (QED) is 0.669. The Hall–Kier alpha value is -1.66. The molecule has 1 saturated heterocycles. The van der Waals surface area contributed by atoms with E-state index in [1.165, 1.54) is 18.2 Å². The van der Waals surface area contributed by atoms with Gasteiger partial charge in [0.15, 0.2) is 0 Å². The van der Waals surface area contributed by atoms with Crippen LogP contribution in [0.2, 0.25) is 5.02 Å². The van der Waals surface area contributed by atoms with Crippen LogP contribution < -0.4 is 5.32 Å². The minimum atomic E-state index is -0.551. The third-order valence-corrected chi connectivity index (χ3v) is 3.50. The minimum absolute atomic E-state index is 0.0776. The van der Waals surface area contributed by atoms with Crippen LogP contribution in [-0.4, -0.2) is 30.1 Å². The molecule has 7 heteroatoms. The second-order valence-electron chi connectivity index (χ2n) is 4.60. The van der Waals surface area contributed by atoms with Gasteiger partial charge in [-0.3, -0.25) is 14.9 Å². The fourth-order valence-corrected chi connectivity index (χ4v) is 2.38. The van der Waals surface area contributed by atoms with Gasteiger partial charge >= 0.3 is 0 Å². The van der Waals surface area contributed by atoms with E-state index in [0.29, 0.717) is 6.54 Å². The van der Waals surface area contributed by atoms with Crippen molar-refractivity contribution in [3.05, 3.63) is 38.9 Å². The van der Waals surface area contributed by atoms with Crippen molar-refractivity contribution >= 4 is 23.2 Å². The molecule has 0 radical (unpaired) electrons. The smallest absolute Gasteiger partial charge is 0.270 e. The summed E-state index contributed by atoms with van der Waals surface area (Å²) in [7, 11) is 0. The lowest BCUT2D eigenvalue weighted by Crippen LogP contribution is -2.27. The maximum Gasteiger partial charge on any atom is 0.270 e. The first-order valence-electron chi connectivity index (χ1n) is 6.41. The van der Waals surface area contributed by atoms with E-state index in [2.05, 4.69) is 5.32 Å². The number of benzene rings is 1. The van der Waals surface area contributed by atoms with E-state index >= 15 is 0 Å². The fourth-order valence-electron chi connectivity index (χ4n) is 2.12. The highest BCUT2D eigenvalue weighted by atomic mass is 35.5. The van der Waals surface area contributed by atoms with Crippen LogP contribution in [0.5, 0.6) is 0 Å². The average Bonchev–Trinajstić information content (AvgIpc) is 2.91. The maximum atomic E-state index is 11.9. The summed E-state index contributed by atoms with van der Waals surface area (Å²) in [5.41, 5.74) is 0.107. The zero-order valence-corrected chi connectivity index (χ0v) is 11.6. The number of non-ortho nitro benzene ring substituents is 1. The number of halogens is 1. The van der Waals surface area contributed by atoms with Crippen molar-refractivity contribution in [2.45, 2.75) is 25.4 Å². The van der Waals surface area contributed by atoms with Crippen molar-refractivity contribution in [1.82, 2.24) is 5.32 Å². The third kappa shape index (κ3) is 3.68. The van der Waals surface area contributed by atoms with Crippen LogP contribution in [0, 0.1) is 10.1 Å². The maximum absolute atomic E-state index is 11.9. The molecule has 1 heterocycles. The van der Waals surface area contributed by atoms with E-state index in [9.17, 15) is 14.9 Å². The topological polar surface area (TPSA) is 81.5 Å². The Balaban J connectivity index is 1.89. The number of hydrogen-bond donors (Lipinski definition) is 1. The number of amides is 1. The number of ether oxygens (including phenoxy) is 1. The summed E-state index contributed by atoms with van der Waals surface area (Å²) in [6.07, 6.45) is 3.06. The number of carbonyl (C=O) groups is 1. The summed E-state index contributed by atoms with van der Waals surface area (Å²) in [5, 5.41) is 13.4. The highest BCUT2D eigenvalue weighted by molar-refractivity contribution is 6.34. The molecule has 1 amide bonds. The summed E-state index contributed by atoms with van der Waals surface area (Å²) < 4.78 is 5.45. The first-order valence-corrected chi connectivity index (χ1v) is 6.79. The summed E-state index contributed by atoms with van der Waals surface area (Å²) in [4.78, 5) is 21.9. The molecule has 0 bridgehead atoms. The normalized spacial score (nSPS) is 17.9. The third-order valence-electron chi connectivity index (χ3n) is 3.18. The predicted molar refractivity (Wildman–Crippen MR) is 74.0 cm³/mol. The summed E-state index contributed by atoms with van der Waals surface area (Å²) >= 11 is 5.88. The van der Waals surface area contributed by atoms with Gasteiger partial charge in [0, 0.05) is 25.3 Å². The van der Waals surface area contributed by atoms with Gasteiger partial charge in [-0.15, -0.1) is 0 Å². The molecule has 6 nitrogen and oxygen atoms in total. The van der Waals surface area contributed by atoms with Gasteiger partial charge in [-0.05, 0) is 25.3 Å². The highest BCUT2D eigenvalue weighted by Crippen LogP contribution is 2.22. The standard InChI is InChI=1S/C13H15ClN2O4/c14-12-8-9(16(18)19)3-4-11(12)13(17)15-6-5-10-2-1-7-20-10/h3-4,8,10H,1-2,5-7H2,(H,15,17). The number of nitrogens with one attached hydrogen (secondary N) is 1. The average molecular weight is 299 g/mol. The molecule has 1 atom stereocenters. The zero-order valence-electron chi connectivity index (χ0n) is 10.8. The molecule has 0 aromatic heterocycles. The van der Waals surface area contributed by atoms with Gasteiger partial charge in [0.25, 0.3) is 11.6 Å². The van der Waals surface area contributed by atoms with E-state index in [4.69, 9.17) is 16.3 Å². The fraction of sp³-hybridized carbons (Fsp3) is 0.462. The number of hydrogen-bond acceptors (Lipinski definition) is 4. The van der Waals surface area contributed by atoms with Crippen LogP contribution >= 0.6 is 11.6 Å². The lowest BCUT2D eigenvalue weighted by atomic mass is 10.1. The summed E-state index contributed by atoms with van der Waals surface area (Å²) in [5.74, 6) is -0.331. The molecule has 0 aliphatic carbocycles. The van der Waals surface area contributed by atoms with Crippen molar-refractivity contribution < 1.29 is 14.5 Å². The lowest BCUT2D eigenvalue weighted by molar-refractivity contribution is -0.384. The number of nitro groups is 1. The second-order valence-corrected chi connectivity index (χ2v) is 5.01. The van der Waals surface area contributed by atoms with Gasteiger partial charge < -0.3 is 10.1 Å². The molecule has 20 heavy (non-hydrogen) atoms. The van der Waals surface area contributed by atoms with Crippen molar-refractivity contribution in [3.63, 3.8) is 0 Å². The van der Waals surface area contributed by atoms with Gasteiger partial charge in [0.2, 0.25) is 0 Å². The lowest BCUT2D eigenvalue weighted by Gasteiger charge is -2.10. The SMILES string of the molecule is O=C(NCCC1CCCO1)c1ccc([N+](=O)[O-])cc1Cl. The van der Waals surface area contributed by atoms with Crippen LogP contribution in [0.25, 0.3) is 0 Å². The Bertz CT molecular complexity index is 515. The van der Waals surface area contributed by atoms with Gasteiger partial charge in [0.05, 0.1) is 21.6 Å². The number of nitro benzene ring substituents is 1. The Morgan fingerprint density at radius 1 is 1.55 bits per heavy atom. The summed E-state index contributed by atoms with van der Waals surface area (Å²) in [6.45, 7) is 1.28. The number of carbonyl (C=O) groups excluding carboxylic acids is 1. The van der Waals surface area contributed by atoms with Crippen LogP contribution in [0.4, 0.5) is 5.69 Å². The van der Waals surface area contributed by atoms with E-state index < -0.39 is 4.92 Å². The molecule has 0 spiro atoms. The van der Waals surface area contributed by atoms with Crippen molar-refractivity contribution in [3.8, 4) is 0 Å². The molecule has 1 fully saturated rings. The Morgan fingerprint density at radius 2 is 2.35 bits per heavy atom. The van der Waals surface area contributed by atoms with Gasteiger partial charge in [-0.1, -0.05) is 11.6 Å². The molecular weight excluding hydrogens is 284 g/mol. The zero-order chi connectivity index (χ0) is 14.5. The van der Waals surface area contributed by atoms with Crippen molar-refractivity contribution in [2.75, 3.05) is 13.2 Å². The minimum Gasteiger partial charge on any atom is -0.378 e. The first-order chi connectivity index (χ1) is 9.58. The van der Waals surface area contributed by atoms with E-state index in [1.54, 1.807) is 0 Å². The van der Waals surface area contributed by atoms with Gasteiger partial charge in [-0.25, -0.2) is 0 Å². The molecule has 1 aliphatic rings. The number of rotatable bonds is 5. The van der Waals surface area contributed by atoms with Crippen molar-refractivity contribution in [1.29, 1.82) is 0 Å². The first kappa shape index (κ1) is 14.7. The van der Waals surface area contributed by atoms with Gasteiger partial charge in [-0.2, -0.15) is 0 Å². The van der Waals surface area contributed by atoms with E-state index in [-0.39, 0.29) is 28.3 Å². The molecule has 1 aromatic carbocycles. The number of nitrogens with zero attached hydrogens (tertiary/aromatic N) is 1. The van der Waals surface area contributed by atoms with Crippen LogP contribution in [-0.2, 0) is 4.74 Å². The molecular formula is C13H15ClN2O4. The molecule has 1 unspecified atom stereocenters. The largest absolute Gasteiger partial charge is 0.378 e. The molecule has 2 rings (SSSR count). The molecule has 1 aromatic rings. The van der Waals surface area contributed by atoms with E-state index in [1.807, 2.05) is 0 Å². The molecule has 0 saturated carbocycles. The van der Waals surface area contributed by atoms with Crippen LogP contribution in [0.1, 0.15) is 29.6 Å². The van der Waals surface area contributed by atoms with E-state index in [0.717, 1.165) is 25.9 Å². The predicted octanol–water partition coefficient (Wildman–Crippen LogP) is 2.55. The van der Waals surface area contributed by atoms with Crippen LogP contribution in [0.15, 0.2) is 18.2 Å². The molecule has 108 valence electrons. The van der Waals surface area contributed by atoms with Gasteiger partial charge in [0.1, 0.15) is 0 Å². The summed E-state index contributed by atoms with van der Waals surface area (Å²) in [6, 6.07) is 3.80. The molecule has 1 N–H and O–H groups in total. The van der Waals surface area contributed by atoms with Crippen LogP contribution in [0.3, 0.4) is 0 Å². The second kappa shape index (κ2) is 6.67. The molecule has 1 aliphatic heterocycles. The Labute approximate surface area is 121 Å². The highest BCUT2D eigenvalue weighted by Gasteiger charge is 2.17. The van der Waals surface area contributed by atoms with Crippen molar-refractivity contribution in [2.24, 2.45) is 0 Å². The Morgan fingerprint density at radius 3 is 2.95 bits per heavy atom. The monoisotopic (exact) mass is 298 g/mol. The Kier molecular flexibility index (Phi) is 4.92.